The molecule has 3 aromatic rings. The molecule has 5 rings (SSSR count). The van der Waals surface area contributed by atoms with Crippen LogP contribution in [0.4, 0.5) is 10.1 Å². The summed E-state index contributed by atoms with van der Waals surface area (Å²) >= 11 is 0. The van der Waals surface area contributed by atoms with Crippen LogP contribution < -0.4 is 5.32 Å². The van der Waals surface area contributed by atoms with E-state index in [1.807, 2.05) is 6.07 Å². The Morgan fingerprint density at radius 3 is 2.85 bits per heavy atom. The summed E-state index contributed by atoms with van der Waals surface area (Å²) in [6.07, 6.45) is 5.16. The Balaban J connectivity index is 1.48. The molecule has 1 aromatic carbocycles. The fourth-order valence-corrected chi connectivity index (χ4v) is 3.94. The summed E-state index contributed by atoms with van der Waals surface area (Å²) in [5.41, 5.74) is 1.40. The van der Waals surface area contributed by atoms with Crippen LogP contribution in [-0.4, -0.2) is 39.0 Å². The van der Waals surface area contributed by atoms with Crippen molar-refractivity contribution in [2.24, 2.45) is 0 Å². The Hall–Kier alpha value is -3.98. The van der Waals surface area contributed by atoms with Crippen molar-refractivity contribution in [1.29, 1.82) is 0 Å². The smallest absolute Gasteiger partial charge is 0.348 e. The van der Waals surface area contributed by atoms with Crippen LogP contribution in [0.25, 0.3) is 17.1 Å². The lowest BCUT2D eigenvalue weighted by Crippen LogP contribution is -2.28. The lowest BCUT2D eigenvalue weighted by atomic mass is 10.1. The van der Waals surface area contributed by atoms with Gasteiger partial charge in [0.15, 0.2) is 11.3 Å². The Labute approximate surface area is 187 Å². The van der Waals surface area contributed by atoms with Gasteiger partial charge in [-0.15, -0.1) is 0 Å². The third-order valence-electron chi connectivity index (χ3n) is 5.64. The van der Waals surface area contributed by atoms with E-state index in [1.165, 1.54) is 30.3 Å². The highest BCUT2D eigenvalue weighted by Crippen LogP contribution is 2.31. The van der Waals surface area contributed by atoms with Gasteiger partial charge in [0.2, 0.25) is 11.7 Å². The molecule has 9 heteroatoms. The normalized spacial score (nSPS) is 21.6. The molecule has 0 unspecified atom stereocenters. The van der Waals surface area contributed by atoms with Crippen LogP contribution in [-0.2, 0) is 19.1 Å². The second-order valence-electron chi connectivity index (χ2n) is 7.86. The zero-order valence-corrected chi connectivity index (χ0v) is 17.4. The molecule has 8 nitrogen and oxygen atoms in total. The van der Waals surface area contributed by atoms with Gasteiger partial charge in [0.05, 0.1) is 6.10 Å². The number of aliphatic hydroxyl groups is 1. The molecule has 0 amide bonds. The van der Waals surface area contributed by atoms with E-state index >= 15 is 0 Å². The highest BCUT2D eigenvalue weighted by Gasteiger charge is 2.39. The number of aromatic nitrogens is 2. The number of Topliss-reactive ketones (excluding diaryl/α,β-unsaturated/α-hetero) is 1. The van der Waals surface area contributed by atoms with E-state index in [0.29, 0.717) is 29.7 Å². The number of benzene rings is 1. The molecule has 1 aliphatic heterocycles. The zero-order valence-electron chi connectivity index (χ0n) is 17.4. The number of halogens is 1. The topological polar surface area (TPSA) is 114 Å². The van der Waals surface area contributed by atoms with E-state index < -0.39 is 29.8 Å². The predicted molar refractivity (Wildman–Crippen MR) is 117 cm³/mol. The predicted octanol–water partition coefficient (Wildman–Crippen LogP) is 3.42. The van der Waals surface area contributed by atoms with Crippen LogP contribution in [0.15, 0.2) is 66.0 Å². The van der Waals surface area contributed by atoms with Gasteiger partial charge in [-0.25, -0.2) is 14.2 Å². The molecule has 0 saturated heterocycles. The van der Waals surface area contributed by atoms with Crippen molar-refractivity contribution in [2.75, 3.05) is 5.32 Å². The molecule has 1 aliphatic carbocycles. The van der Waals surface area contributed by atoms with Gasteiger partial charge < -0.3 is 24.9 Å². The number of carbonyl (C=O) groups is 2. The third kappa shape index (κ3) is 4.10. The molecule has 1 fully saturated rings. The molecule has 0 radical (unpaired) electrons. The summed E-state index contributed by atoms with van der Waals surface area (Å²) in [5, 5.41) is 13.7. The van der Waals surface area contributed by atoms with Crippen molar-refractivity contribution in [1.82, 2.24) is 9.97 Å². The van der Waals surface area contributed by atoms with E-state index in [9.17, 15) is 19.1 Å². The number of ketones is 1. The van der Waals surface area contributed by atoms with Gasteiger partial charge in [0, 0.05) is 29.0 Å². The molecule has 33 heavy (non-hydrogen) atoms. The van der Waals surface area contributed by atoms with Gasteiger partial charge >= 0.3 is 5.97 Å². The summed E-state index contributed by atoms with van der Waals surface area (Å²) in [5.74, 6) is -2.17. The monoisotopic (exact) mass is 449 g/mol. The first kappa shape index (κ1) is 20.9. The Bertz CT molecular complexity index is 1290. The minimum absolute atomic E-state index is 0.0803. The number of hydrogen-bond donors (Lipinski definition) is 3. The Morgan fingerprint density at radius 1 is 1.27 bits per heavy atom. The standard InChI is InChI=1S/C24H20FN3O5/c25-14-6-8-15(9-7-14)28-23-20(24(31)33-18-5-1-4-17(18)29)21(30)19(32-23)11-13-12-27-22-16(13)3-2-10-26-22/h2-3,6-12,17-18,28-29H,1,4-5H2,(H,26,27)/t17-,18+/m0/s1. The Morgan fingerprint density at radius 2 is 2.09 bits per heavy atom. The number of H-pyrrole nitrogens is 1. The first-order valence-electron chi connectivity index (χ1n) is 10.5. The van der Waals surface area contributed by atoms with Gasteiger partial charge in [0.1, 0.15) is 17.6 Å². The number of rotatable bonds is 5. The number of hydrogen-bond acceptors (Lipinski definition) is 7. The number of anilines is 1. The van der Waals surface area contributed by atoms with Gasteiger partial charge in [-0.2, -0.15) is 0 Å². The molecular weight excluding hydrogens is 429 g/mol. The van der Waals surface area contributed by atoms with Crippen LogP contribution in [0.1, 0.15) is 24.8 Å². The average molecular weight is 449 g/mol. The highest BCUT2D eigenvalue weighted by atomic mass is 19.1. The number of allylic oxidation sites excluding steroid dienone is 1. The number of fused-ring (bicyclic) bond motifs is 1. The second-order valence-corrected chi connectivity index (χ2v) is 7.86. The molecule has 3 N–H and O–H groups in total. The first-order chi connectivity index (χ1) is 16.0. The maximum atomic E-state index is 13.3. The van der Waals surface area contributed by atoms with Gasteiger partial charge in [-0.3, -0.25) is 4.79 Å². The number of pyridine rings is 1. The number of carbonyl (C=O) groups excluding carboxylic acids is 2. The number of aromatic amines is 1. The molecule has 0 spiro atoms. The number of nitrogens with zero attached hydrogens (tertiary/aromatic N) is 1. The van der Waals surface area contributed by atoms with Crippen molar-refractivity contribution >= 4 is 34.5 Å². The molecule has 2 aliphatic rings. The van der Waals surface area contributed by atoms with E-state index in [4.69, 9.17) is 9.47 Å². The van der Waals surface area contributed by atoms with E-state index in [-0.39, 0.29) is 17.2 Å². The molecule has 3 heterocycles. The first-order valence-corrected chi connectivity index (χ1v) is 10.5. The largest absolute Gasteiger partial charge is 0.456 e. The molecule has 1 saturated carbocycles. The van der Waals surface area contributed by atoms with Crippen molar-refractivity contribution < 1.29 is 28.6 Å². The molecule has 0 bridgehead atoms. The SMILES string of the molecule is O=C(O[C@@H]1CCC[C@@H]1O)C1=C(Nc2ccc(F)cc2)OC(=Cc2c[nH]c3ncccc23)C1=O. The zero-order chi connectivity index (χ0) is 22.9. The van der Waals surface area contributed by atoms with Gasteiger partial charge in [0.25, 0.3) is 0 Å². The van der Waals surface area contributed by atoms with Crippen LogP contribution >= 0.6 is 0 Å². The maximum absolute atomic E-state index is 13.3. The minimum atomic E-state index is -0.889. The van der Waals surface area contributed by atoms with E-state index in [0.717, 1.165) is 11.8 Å². The lowest BCUT2D eigenvalue weighted by molar-refractivity contribution is -0.149. The van der Waals surface area contributed by atoms with Crippen LogP contribution in [0, 0.1) is 5.82 Å². The third-order valence-corrected chi connectivity index (χ3v) is 5.64. The van der Waals surface area contributed by atoms with E-state index in [2.05, 4.69) is 15.3 Å². The second kappa shape index (κ2) is 8.51. The van der Waals surface area contributed by atoms with Gasteiger partial charge in [-0.05, 0) is 61.7 Å². The van der Waals surface area contributed by atoms with Crippen molar-refractivity contribution in [2.45, 2.75) is 31.5 Å². The minimum Gasteiger partial charge on any atom is -0.456 e. The van der Waals surface area contributed by atoms with Crippen LogP contribution in [0.5, 0.6) is 0 Å². The molecular formula is C24H20FN3O5. The lowest BCUT2D eigenvalue weighted by Gasteiger charge is -2.15. The number of nitrogens with one attached hydrogen (secondary N) is 2. The molecule has 168 valence electrons. The van der Waals surface area contributed by atoms with Crippen LogP contribution in [0.2, 0.25) is 0 Å². The summed E-state index contributed by atoms with van der Waals surface area (Å²) in [7, 11) is 0. The number of ether oxygens (including phenoxy) is 2. The Kier molecular flexibility index (Phi) is 5.39. The fraction of sp³-hybridized carbons (Fsp3) is 0.208. The summed E-state index contributed by atoms with van der Waals surface area (Å²) in [6.45, 7) is 0. The highest BCUT2D eigenvalue weighted by molar-refractivity contribution is 6.26. The molecule has 2 atom stereocenters. The summed E-state index contributed by atoms with van der Waals surface area (Å²) in [6, 6.07) is 8.99. The van der Waals surface area contributed by atoms with Crippen molar-refractivity contribution in [3.05, 3.63) is 77.4 Å². The summed E-state index contributed by atoms with van der Waals surface area (Å²) in [4.78, 5) is 33.3. The molecule has 2 aromatic heterocycles. The van der Waals surface area contributed by atoms with E-state index in [1.54, 1.807) is 18.5 Å². The quantitative estimate of drug-likeness (QED) is 0.311. The summed E-state index contributed by atoms with van der Waals surface area (Å²) < 4.78 is 24.5. The van der Waals surface area contributed by atoms with Crippen LogP contribution in [0.3, 0.4) is 0 Å². The van der Waals surface area contributed by atoms with Crippen molar-refractivity contribution in [3.8, 4) is 0 Å². The maximum Gasteiger partial charge on any atom is 0.348 e. The fourth-order valence-electron chi connectivity index (χ4n) is 3.94. The number of esters is 1. The van der Waals surface area contributed by atoms with Crippen molar-refractivity contribution in [3.63, 3.8) is 0 Å². The number of aliphatic hydroxyl groups excluding tert-OH is 1. The average Bonchev–Trinajstić information content (AvgIpc) is 3.48. The van der Waals surface area contributed by atoms with Gasteiger partial charge in [-0.1, -0.05) is 0 Å².